The number of carbonyl (C=O) groups is 1. The maximum Gasteiger partial charge on any atom is 0.270 e. The van der Waals surface area contributed by atoms with Crippen LogP contribution in [0.5, 0.6) is 0 Å². The number of para-hydroxylation sites is 1. The summed E-state index contributed by atoms with van der Waals surface area (Å²) < 4.78 is 19.6. The van der Waals surface area contributed by atoms with E-state index in [4.69, 9.17) is 16.3 Å². The molecular weight excluding hydrogens is 397 g/mol. The van der Waals surface area contributed by atoms with Gasteiger partial charge in [-0.25, -0.2) is 14.4 Å². The number of nitrogens with one attached hydrogen (secondary N) is 1. The second-order valence-electron chi connectivity index (χ2n) is 6.98. The molecule has 3 aromatic rings. The summed E-state index contributed by atoms with van der Waals surface area (Å²) in [5, 5.41) is 13.8. The minimum Gasteiger partial charge on any atom is -0.389 e. The van der Waals surface area contributed by atoms with E-state index >= 15 is 0 Å². The molecule has 2 atom stereocenters. The third-order valence-electron chi connectivity index (χ3n) is 4.94. The van der Waals surface area contributed by atoms with Crippen LogP contribution in [0, 0.1) is 5.82 Å². The molecule has 1 amide bonds. The first-order valence-electron chi connectivity index (χ1n) is 9.26. The molecule has 3 heterocycles. The SMILES string of the molecule is O=C(NC1CCOCC1O)c1cc(Cc2ccnc(Cl)c2)c2cccc(F)c2n1. The number of pyridine rings is 2. The molecule has 0 bridgehead atoms. The quantitative estimate of drug-likeness (QED) is 0.640. The van der Waals surface area contributed by atoms with Gasteiger partial charge in [0, 0.05) is 18.2 Å². The fourth-order valence-electron chi connectivity index (χ4n) is 3.45. The average Bonchev–Trinajstić information content (AvgIpc) is 2.70. The van der Waals surface area contributed by atoms with Crippen molar-refractivity contribution >= 4 is 28.4 Å². The van der Waals surface area contributed by atoms with E-state index < -0.39 is 23.9 Å². The van der Waals surface area contributed by atoms with E-state index in [1.807, 2.05) is 6.07 Å². The Bertz CT molecular complexity index is 1060. The molecule has 150 valence electrons. The van der Waals surface area contributed by atoms with Crippen LogP contribution in [-0.4, -0.2) is 46.3 Å². The smallest absolute Gasteiger partial charge is 0.270 e. The molecule has 1 aliphatic heterocycles. The largest absolute Gasteiger partial charge is 0.389 e. The number of fused-ring (bicyclic) bond motifs is 1. The number of nitrogens with zero attached hydrogens (tertiary/aromatic N) is 2. The summed E-state index contributed by atoms with van der Waals surface area (Å²) >= 11 is 5.98. The Kier molecular flexibility index (Phi) is 5.71. The number of aliphatic hydroxyl groups excluding tert-OH is 1. The number of amides is 1. The lowest BCUT2D eigenvalue weighted by Gasteiger charge is -2.28. The Morgan fingerprint density at radius 2 is 2.21 bits per heavy atom. The summed E-state index contributed by atoms with van der Waals surface area (Å²) in [5.74, 6) is -0.965. The van der Waals surface area contributed by atoms with Crippen LogP contribution < -0.4 is 5.32 Å². The van der Waals surface area contributed by atoms with E-state index in [9.17, 15) is 14.3 Å². The molecule has 0 radical (unpaired) electrons. The molecule has 8 heteroatoms. The number of hydrogen-bond donors (Lipinski definition) is 2. The van der Waals surface area contributed by atoms with Crippen molar-refractivity contribution in [1.29, 1.82) is 0 Å². The van der Waals surface area contributed by atoms with Crippen molar-refractivity contribution in [3.05, 3.63) is 70.4 Å². The van der Waals surface area contributed by atoms with Gasteiger partial charge < -0.3 is 15.2 Å². The van der Waals surface area contributed by atoms with Gasteiger partial charge in [-0.15, -0.1) is 0 Å². The Balaban J connectivity index is 1.70. The zero-order valence-electron chi connectivity index (χ0n) is 15.4. The van der Waals surface area contributed by atoms with E-state index in [0.29, 0.717) is 30.0 Å². The Morgan fingerprint density at radius 1 is 1.34 bits per heavy atom. The number of carbonyl (C=O) groups excluding carboxylic acids is 1. The summed E-state index contributed by atoms with van der Waals surface area (Å²) in [5.41, 5.74) is 1.85. The minimum absolute atomic E-state index is 0.0939. The zero-order chi connectivity index (χ0) is 20.4. The van der Waals surface area contributed by atoms with E-state index in [0.717, 1.165) is 11.1 Å². The van der Waals surface area contributed by atoms with E-state index in [2.05, 4.69) is 15.3 Å². The molecule has 0 aliphatic carbocycles. The van der Waals surface area contributed by atoms with Gasteiger partial charge in [0.25, 0.3) is 5.91 Å². The lowest BCUT2D eigenvalue weighted by Crippen LogP contribution is -2.48. The Hall–Kier alpha value is -2.61. The third kappa shape index (κ3) is 4.37. The fraction of sp³-hybridized carbons (Fsp3) is 0.286. The van der Waals surface area contributed by atoms with Gasteiger partial charge in [0.1, 0.15) is 22.2 Å². The van der Waals surface area contributed by atoms with Crippen LogP contribution in [0.15, 0.2) is 42.6 Å². The summed E-state index contributed by atoms with van der Waals surface area (Å²) in [6.07, 6.45) is 1.74. The van der Waals surface area contributed by atoms with Crippen LogP contribution >= 0.6 is 11.6 Å². The monoisotopic (exact) mass is 415 g/mol. The van der Waals surface area contributed by atoms with Crippen molar-refractivity contribution < 1.29 is 19.0 Å². The maximum absolute atomic E-state index is 14.5. The molecule has 6 nitrogen and oxygen atoms in total. The second-order valence-corrected chi connectivity index (χ2v) is 7.36. The van der Waals surface area contributed by atoms with Crippen LogP contribution in [0.2, 0.25) is 5.15 Å². The fourth-order valence-corrected chi connectivity index (χ4v) is 3.65. The molecule has 1 fully saturated rings. The van der Waals surface area contributed by atoms with Gasteiger partial charge in [0.2, 0.25) is 0 Å². The summed E-state index contributed by atoms with van der Waals surface area (Å²) in [4.78, 5) is 21.0. The average molecular weight is 416 g/mol. The van der Waals surface area contributed by atoms with E-state index in [1.54, 1.807) is 30.5 Å². The molecular formula is C21H19ClFN3O3. The first-order chi connectivity index (χ1) is 14.0. The lowest BCUT2D eigenvalue weighted by atomic mass is 10.00. The highest BCUT2D eigenvalue weighted by Crippen LogP contribution is 2.24. The molecule has 0 saturated carbocycles. The molecule has 2 unspecified atom stereocenters. The summed E-state index contributed by atoms with van der Waals surface area (Å²) in [6, 6.07) is 9.45. The van der Waals surface area contributed by atoms with Gasteiger partial charge in [-0.2, -0.15) is 0 Å². The predicted octanol–water partition coefficient (Wildman–Crippen LogP) is 2.89. The molecule has 1 aromatic carbocycles. The standard InChI is InChI=1S/C21H19ClFN3O3/c22-19-9-12(4-6-24-19)8-13-10-17(25-20-14(13)2-1-3-15(20)23)21(28)26-16-5-7-29-11-18(16)27/h1-4,6,9-10,16,18,27H,5,7-8,11H2,(H,26,28). The number of hydrogen-bond acceptors (Lipinski definition) is 5. The van der Waals surface area contributed by atoms with Crippen molar-refractivity contribution in [3.63, 3.8) is 0 Å². The number of aliphatic hydroxyl groups is 1. The van der Waals surface area contributed by atoms with Gasteiger partial charge in [-0.05, 0) is 48.2 Å². The second kappa shape index (κ2) is 8.41. The number of rotatable bonds is 4. The Labute approximate surface area is 171 Å². The molecule has 0 spiro atoms. The molecule has 29 heavy (non-hydrogen) atoms. The van der Waals surface area contributed by atoms with Gasteiger partial charge in [0.15, 0.2) is 0 Å². The van der Waals surface area contributed by atoms with Crippen molar-refractivity contribution in [2.45, 2.75) is 25.0 Å². The number of halogens is 2. The third-order valence-corrected chi connectivity index (χ3v) is 5.14. The highest BCUT2D eigenvalue weighted by Gasteiger charge is 2.26. The van der Waals surface area contributed by atoms with Crippen LogP contribution in [0.25, 0.3) is 10.9 Å². The van der Waals surface area contributed by atoms with Crippen molar-refractivity contribution in [2.24, 2.45) is 0 Å². The molecule has 2 aromatic heterocycles. The van der Waals surface area contributed by atoms with Crippen molar-refractivity contribution in [1.82, 2.24) is 15.3 Å². The van der Waals surface area contributed by atoms with Gasteiger partial charge >= 0.3 is 0 Å². The highest BCUT2D eigenvalue weighted by molar-refractivity contribution is 6.29. The summed E-state index contributed by atoms with van der Waals surface area (Å²) in [6.45, 7) is 0.620. The zero-order valence-corrected chi connectivity index (χ0v) is 16.2. The Morgan fingerprint density at radius 3 is 3.00 bits per heavy atom. The molecule has 4 rings (SSSR count). The number of aromatic nitrogens is 2. The first kappa shape index (κ1) is 19.7. The number of ether oxygens (including phenoxy) is 1. The minimum atomic E-state index is -0.789. The van der Waals surface area contributed by atoms with E-state index in [-0.39, 0.29) is 17.8 Å². The van der Waals surface area contributed by atoms with Crippen LogP contribution in [0.1, 0.15) is 28.0 Å². The van der Waals surface area contributed by atoms with Crippen LogP contribution in [0.4, 0.5) is 4.39 Å². The molecule has 1 aliphatic rings. The maximum atomic E-state index is 14.5. The van der Waals surface area contributed by atoms with Gasteiger partial charge in [-0.3, -0.25) is 4.79 Å². The van der Waals surface area contributed by atoms with Crippen molar-refractivity contribution in [3.8, 4) is 0 Å². The normalized spacial score (nSPS) is 19.3. The predicted molar refractivity (Wildman–Crippen MR) is 106 cm³/mol. The van der Waals surface area contributed by atoms with Crippen LogP contribution in [0.3, 0.4) is 0 Å². The lowest BCUT2D eigenvalue weighted by molar-refractivity contribution is -0.0261. The van der Waals surface area contributed by atoms with Gasteiger partial charge in [-0.1, -0.05) is 23.7 Å². The molecule has 1 saturated heterocycles. The van der Waals surface area contributed by atoms with E-state index in [1.165, 1.54) is 6.07 Å². The van der Waals surface area contributed by atoms with Crippen molar-refractivity contribution in [2.75, 3.05) is 13.2 Å². The van der Waals surface area contributed by atoms with Crippen LogP contribution in [-0.2, 0) is 11.2 Å². The topological polar surface area (TPSA) is 84.3 Å². The highest BCUT2D eigenvalue weighted by atomic mass is 35.5. The molecule has 2 N–H and O–H groups in total. The van der Waals surface area contributed by atoms with Gasteiger partial charge in [0.05, 0.1) is 18.8 Å². The number of benzene rings is 1. The first-order valence-corrected chi connectivity index (χ1v) is 9.64. The summed E-state index contributed by atoms with van der Waals surface area (Å²) in [7, 11) is 0.